The van der Waals surface area contributed by atoms with Crippen molar-refractivity contribution in [2.75, 3.05) is 14.1 Å². The zero-order valence-electron chi connectivity index (χ0n) is 23.5. The van der Waals surface area contributed by atoms with Crippen LogP contribution < -0.4 is 11.1 Å². The number of aliphatic hydroxyl groups is 3. The number of phenolic OH excluding ortho intramolecular Hbond substituents is 1. The molecule has 41 heavy (non-hydrogen) atoms. The smallest absolute Gasteiger partial charge is 0.255 e. The molecule has 1 fully saturated rings. The second kappa shape index (κ2) is 9.37. The highest BCUT2D eigenvalue weighted by atomic mass is 19.1. The van der Waals surface area contributed by atoms with E-state index in [1.165, 1.54) is 19.0 Å². The van der Waals surface area contributed by atoms with Crippen LogP contribution in [0.4, 0.5) is 4.39 Å². The van der Waals surface area contributed by atoms with Crippen molar-refractivity contribution in [1.82, 2.24) is 10.2 Å². The first kappa shape index (κ1) is 28.7. The van der Waals surface area contributed by atoms with Crippen molar-refractivity contribution >= 4 is 34.0 Å². The Morgan fingerprint density at radius 2 is 1.83 bits per heavy atom. The van der Waals surface area contributed by atoms with E-state index >= 15 is 4.39 Å². The van der Waals surface area contributed by atoms with Crippen molar-refractivity contribution in [3.8, 4) is 5.75 Å². The molecule has 3 aliphatic carbocycles. The maximum absolute atomic E-state index is 16.0. The number of fused-ring (bicyclic) bond motifs is 4. The van der Waals surface area contributed by atoms with Gasteiger partial charge >= 0.3 is 0 Å². The van der Waals surface area contributed by atoms with E-state index in [-0.39, 0.29) is 45.9 Å². The van der Waals surface area contributed by atoms with Crippen LogP contribution in [-0.2, 0) is 27.3 Å². The van der Waals surface area contributed by atoms with Crippen molar-refractivity contribution < 1.29 is 39.2 Å². The molecule has 10 nitrogen and oxygen atoms in total. The highest BCUT2D eigenvalue weighted by Gasteiger charge is 2.64. The fourth-order valence-electron chi connectivity index (χ4n) is 6.58. The minimum Gasteiger partial charge on any atom is -0.508 e. The molecule has 2 aromatic rings. The molecular weight excluding hydrogens is 533 g/mol. The zero-order chi connectivity index (χ0) is 30.3. The van der Waals surface area contributed by atoms with Crippen molar-refractivity contribution in [2.45, 2.75) is 57.3 Å². The number of amides is 1. The van der Waals surface area contributed by atoms with E-state index in [1.807, 2.05) is 20.8 Å². The molecule has 1 saturated carbocycles. The molecule has 0 radical (unpaired) electrons. The zero-order valence-corrected chi connectivity index (χ0v) is 23.5. The third kappa shape index (κ3) is 4.13. The number of nitrogens with one attached hydrogen (secondary N) is 1. The molecule has 0 heterocycles. The molecule has 3 aliphatic rings. The number of nitrogens with two attached hydrogens (primary N) is 1. The Hall–Kier alpha value is -3.80. The Kier molecular flexibility index (Phi) is 6.56. The van der Waals surface area contributed by atoms with Gasteiger partial charge < -0.3 is 31.5 Å². The van der Waals surface area contributed by atoms with Crippen molar-refractivity contribution in [3.05, 3.63) is 57.6 Å². The van der Waals surface area contributed by atoms with Crippen molar-refractivity contribution in [1.29, 1.82) is 0 Å². The average molecular weight is 568 g/mol. The number of rotatable bonds is 4. The molecule has 0 aliphatic heterocycles. The molecule has 1 amide bonds. The number of benzene rings is 2. The summed E-state index contributed by atoms with van der Waals surface area (Å²) in [5.41, 5.74) is 1.68. The van der Waals surface area contributed by atoms with Crippen LogP contribution in [0.5, 0.6) is 5.75 Å². The number of hydrogen-bond acceptors (Lipinski definition) is 9. The molecule has 0 spiro atoms. The number of likely N-dealkylation sites (N-methyl/N-ethyl adjacent to an activating group) is 1. The largest absolute Gasteiger partial charge is 0.508 e. The number of aromatic hydroxyl groups is 1. The van der Waals surface area contributed by atoms with Gasteiger partial charge in [-0.2, -0.15) is 0 Å². The van der Waals surface area contributed by atoms with Gasteiger partial charge in [0.1, 0.15) is 28.7 Å². The summed E-state index contributed by atoms with van der Waals surface area (Å²) in [4.78, 5) is 40.7. The SMILES string of the molecule is CN(C)[C@@H]1C(=O)C(C(N)=O)=C(O)[C@@]2(O)C(=O)C3=C(O)c4c(c(F)c5ccc(CNC(C)(C)C)cc5c4O)C[C@H]3C[C@@H]12. The molecule has 0 bridgehead atoms. The van der Waals surface area contributed by atoms with E-state index in [2.05, 4.69) is 5.32 Å². The molecule has 4 atom stereocenters. The molecular formula is C30H34FN3O7. The summed E-state index contributed by atoms with van der Waals surface area (Å²) in [6, 6.07) is 3.69. The van der Waals surface area contributed by atoms with Crippen LogP contribution in [0.15, 0.2) is 35.1 Å². The van der Waals surface area contributed by atoms with Crippen molar-refractivity contribution in [2.24, 2.45) is 17.6 Å². The van der Waals surface area contributed by atoms with Crippen LogP contribution in [0.25, 0.3) is 16.5 Å². The predicted octanol–water partition coefficient (Wildman–Crippen LogP) is 2.14. The topological polar surface area (TPSA) is 173 Å². The van der Waals surface area contributed by atoms with E-state index in [9.17, 15) is 34.8 Å². The molecule has 2 aromatic carbocycles. The highest BCUT2D eigenvalue weighted by molar-refractivity contribution is 6.24. The van der Waals surface area contributed by atoms with E-state index in [1.54, 1.807) is 18.2 Å². The molecule has 0 unspecified atom stereocenters. The number of hydrogen-bond donors (Lipinski definition) is 6. The highest BCUT2D eigenvalue weighted by Crippen LogP contribution is 2.53. The lowest BCUT2D eigenvalue weighted by molar-refractivity contribution is -0.153. The Bertz CT molecular complexity index is 1600. The lowest BCUT2D eigenvalue weighted by Gasteiger charge is -2.50. The summed E-state index contributed by atoms with van der Waals surface area (Å²) in [6.07, 6.45) is -0.224. The van der Waals surface area contributed by atoms with Crippen LogP contribution in [0, 0.1) is 17.7 Å². The lowest BCUT2D eigenvalue weighted by atomic mass is 9.57. The fourth-order valence-corrected chi connectivity index (χ4v) is 6.58. The maximum atomic E-state index is 16.0. The monoisotopic (exact) mass is 567 g/mol. The van der Waals surface area contributed by atoms with E-state index in [0.717, 1.165) is 5.56 Å². The number of halogens is 1. The average Bonchev–Trinajstić information content (AvgIpc) is 2.87. The number of aliphatic hydroxyl groups excluding tert-OH is 2. The summed E-state index contributed by atoms with van der Waals surface area (Å²) in [7, 11) is 3.03. The maximum Gasteiger partial charge on any atom is 0.255 e. The summed E-state index contributed by atoms with van der Waals surface area (Å²) in [5, 5.41) is 48.9. The van der Waals surface area contributed by atoms with Gasteiger partial charge in [-0.05, 0) is 65.3 Å². The number of ketones is 2. The van der Waals surface area contributed by atoms with Gasteiger partial charge in [-0.25, -0.2) is 4.39 Å². The fraction of sp³-hybridized carbons (Fsp3) is 0.433. The number of carbonyl (C=O) groups excluding carboxylic acids is 3. The van der Waals surface area contributed by atoms with Gasteiger partial charge in [-0.15, -0.1) is 0 Å². The van der Waals surface area contributed by atoms with Gasteiger partial charge in [0, 0.05) is 39.9 Å². The second-order valence-corrected chi connectivity index (χ2v) is 12.5. The second-order valence-electron chi connectivity index (χ2n) is 12.5. The molecule has 7 N–H and O–H groups in total. The van der Waals surface area contributed by atoms with Gasteiger partial charge in [0.25, 0.3) is 5.91 Å². The Morgan fingerprint density at radius 3 is 2.41 bits per heavy atom. The van der Waals surface area contributed by atoms with Crippen LogP contribution in [0.1, 0.15) is 43.9 Å². The third-order valence-corrected chi connectivity index (χ3v) is 8.52. The standard InChI is InChI=1S/C30H34FN3O7/c1-29(2,3)33-11-12-6-7-14-15(8-12)23(35)19-16(21(14)31)9-13-10-17-22(34(4)5)25(37)20(28(32)40)27(39)30(17,41)26(38)18(13)24(19)36/h6-8,13,17,22,33,35-36,39,41H,9-11H2,1-5H3,(H2,32,40)/t13-,17-,22-,30-/m0/s1. The Labute approximate surface area is 235 Å². The predicted molar refractivity (Wildman–Crippen MR) is 148 cm³/mol. The first-order chi connectivity index (χ1) is 19.0. The summed E-state index contributed by atoms with van der Waals surface area (Å²) in [5.74, 6) is -8.35. The first-order valence-corrected chi connectivity index (χ1v) is 13.4. The Balaban J connectivity index is 1.70. The van der Waals surface area contributed by atoms with Gasteiger partial charge in [-0.1, -0.05) is 12.1 Å². The Morgan fingerprint density at radius 1 is 1.17 bits per heavy atom. The van der Waals surface area contributed by atoms with Gasteiger partial charge in [0.2, 0.25) is 5.78 Å². The third-order valence-electron chi connectivity index (χ3n) is 8.52. The lowest BCUT2D eigenvalue weighted by Crippen LogP contribution is -2.65. The molecule has 218 valence electrons. The number of carbonyl (C=O) groups is 3. The minimum absolute atomic E-state index is 0.00110. The number of Topliss-reactive ketones (excluding diaryl/α,β-unsaturated/α-hetero) is 2. The number of primary amides is 1. The van der Waals surface area contributed by atoms with Gasteiger partial charge in [0.15, 0.2) is 11.4 Å². The van der Waals surface area contributed by atoms with Crippen LogP contribution in [0.2, 0.25) is 0 Å². The molecule has 0 aromatic heterocycles. The molecule has 11 heteroatoms. The number of nitrogens with zero attached hydrogens (tertiary/aromatic N) is 1. The van der Waals surface area contributed by atoms with E-state index in [0.29, 0.717) is 6.54 Å². The van der Waals surface area contributed by atoms with E-state index < -0.39 is 69.6 Å². The quantitative estimate of drug-likeness (QED) is 0.303. The van der Waals surface area contributed by atoms with Crippen molar-refractivity contribution in [3.63, 3.8) is 0 Å². The van der Waals surface area contributed by atoms with Crippen LogP contribution in [-0.4, -0.2) is 74.1 Å². The summed E-state index contributed by atoms with van der Waals surface area (Å²) >= 11 is 0. The normalized spacial score (nSPS) is 26.4. The molecule has 5 rings (SSSR count). The summed E-state index contributed by atoms with van der Waals surface area (Å²) in [6.45, 7) is 6.40. The first-order valence-electron chi connectivity index (χ1n) is 13.4. The molecule has 0 saturated heterocycles. The summed E-state index contributed by atoms with van der Waals surface area (Å²) < 4.78 is 16.0. The minimum atomic E-state index is -2.75. The van der Waals surface area contributed by atoms with Gasteiger partial charge in [-0.3, -0.25) is 19.3 Å². The van der Waals surface area contributed by atoms with Crippen LogP contribution >= 0.6 is 0 Å². The van der Waals surface area contributed by atoms with Gasteiger partial charge in [0.05, 0.1) is 11.6 Å². The van der Waals surface area contributed by atoms with E-state index in [4.69, 9.17) is 5.73 Å². The van der Waals surface area contributed by atoms with Crippen LogP contribution in [0.3, 0.4) is 0 Å². The number of phenols is 1.